The van der Waals surface area contributed by atoms with Gasteiger partial charge in [-0.15, -0.1) is 0 Å². The highest BCUT2D eigenvalue weighted by Crippen LogP contribution is 2.26. The highest BCUT2D eigenvalue weighted by Gasteiger charge is 2.30. The number of methoxy groups -OCH3 is 1. The van der Waals surface area contributed by atoms with E-state index in [-0.39, 0.29) is 18.2 Å². The summed E-state index contributed by atoms with van der Waals surface area (Å²) in [5, 5.41) is 5.28. The van der Waals surface area contributed by atoms with Crippen molar-refractivity contribution in [3.05, 3.63) is 23.8 Å². The number of hydrogen-bond acceptors (Lipinski definition) is 4. The number of aryl methyl sites for hydroxylation is 1. The predicted octanol–water partition coefficient (Wildman–Crippen LogP) is 0.831. The van der Waals surface area contributed by atoms with Crippen LogP contribution in [0.1, 0.15) is 12.0 Å². The van der Waals surface area contributed by atoms with E-state index in [0.717, 1.165) is 11.3 Å². The number of rotatable bonds is 3. The summed E-state index contributed by atoms with van der Waals surface area (Å²) in [6, 6.07) is 5.11. The summed E-state index contributed by atoms with van der Waals surface area (Å²) < 4.78 is 5.19. The van der Waals surface area contributed by atoms with Crippen LogP contribution < -0.4 is 15.4 Å². The minimum Gasteiger partial charge on any atom is -0.495 e. The van der Waals surface area contributed by atoms with Crippen LogP contribution >= 0.6 is 0 Å². The Balaban J connectivity index is 2.20. The van der Waals surface area contributed by atoms with Crippen molar-refractivity contribution in [2.24, 2.45) is 0 Å². The third kappa shape index (κ3) is 2.38. The van der Waals surface area contributed by atoms with E-state index in [1.165, 1.54) is 0 Å². The molecule has 1 aliphatic heterocycles. The third-order valence-electron chi connectivity index (χ3n) is 2.65. The number of benzene rings is 1. The zero-order valence-electron chi connectivity index (χ0n) is 9.74. The SMILES string of the molecule is COc1ccc(C)cc1NC1CC(=O)NC1=O. The Hall–Kier alpha value is -2.04. The molecule has 1 aromatic rings. The summed E-state index contributed by atoms with van der Waals surface area (Å²) in [4.78, 5) is 22.5. The van der Waals surface area contributed by atoms with Gasteiger partial charge in [0.15, 0.2) is 0 Å². The van der Waals surface area contributed by atoms with Crippen LogP contribution in [0.15, 0.2) is 18.2 Å². The zero-order chi connectivity index (χ0) is 12.4. The molecule has 1 aromatic carbocycles. The van der Waals surface area contributed by atoms with Gasteiger partial charge in [0.25, 0.3) is 0 Å². The highest BCUT2D eigenvalue weighted by atomic mass is 16.5. The number of carbonyl (C=O) groups excluding carboxylic acids is 2. The molecule has 0 aliphatic carbocycles. The van der Waals surface area contributed by atoms with Crippen LogP contribution in [0.25, 0.3) is 0 Å². The first-order valence-electron chi connectivity index (χ1n) is 5.35. The predicted molar refractivity (Wildman–Crippen MR) is 62.9 cm³/mol. The molecule has 5 heteroatoms. The number of hydrogen-bond donors (Lipinski definition) is 2. The Bertz CT molecular complexity index is 471. The van der Waals surface area contributed by atoms with Gasteiger partial charge in [0.05, 0.1) is 19.2 Å². The molecule has 1 atom stereocenters. The van der Waals surface area contributed by atoms with Crippen LogP contribution in [0.4, 0.5) is 5.69 Å². The van der Waals surface area contributed by atoms with E-state index in [2.05, 4.69) is 10.6 Å². The number of carbonyl (C=O) groups is 2. The molecular formula is C12H14N2O3. The van der Waals surface area contributed by atoms with Gasteiger partial charge in [-0.25, -0.2) is 0 Å². The first kappa shape index (κ1) is 11.4. The Morgan fingerprint density at radius 3 is 2.76 bits per heavy atom. The van der Waals surface area contributed by atoms with Crippen molar-refractivity contribution in [3.63, 3.8) is 0 Å². The van der Waals surface area contributed by atoms with Gasteiger partial charge in [-0.05, 0) is 24.6 Å². The molecule has 0 spiro atoms. The molecule has 0 bridgehead atoms. The molecule has 90 valence electrons. The summed E-state index contributed by atoms with van der Waals surface area (Å²) in [6.07, 6.45) is 0.163. The van der Waals surface area contributed by atoms with Crippen LogP contribution in [0.2, 0.25) is 0 Å². The van der Waals surface area contributed by atoms with E-state index in [4.69, 9.17) is 4.74 Å². The topological polar surface area (TPSA) is 67.4 Å². The monoisotopic (exact) mass is 234 g/mol. The van der Waals surface area contributed by atoms with Gasteiger partial charge in [-0.1, -0.05) is 6.07 Å². The van der Waals surface area contributed by atoms with Gasteiger partial charge in [0.2, 0.25) is 11.8 Å². The fraction of sp³-hybridized carbons (Fsp3) is 0.333. The van der Waals surface area contributed by atoms with Crippen LogP contribution in [-0.2, 0) is 9.59 Å². The van der Waals surface area contributed by atoms with Crippen LogP contribution in [-0.4, -0.2) is 25.0 Å². The minimum atomic E-state index is -0.516. The molecule has 1 heterocycles. The maximum absolute atomic E-state index is 11.4. The van der Waals surface area contributed by atoms with Crippen molar-refractivity contribution in [1.29, 1.82) is 0 Å². The molecule has 1 fully saturated rings. The lowest BCUT2D eigenvalue weighted by Crippen LogP contribution is -2.30. The molecule has 0 saturated carbocycles. The van der Waals surface area contributed by atoms with E-state index in [1.807, 2.05) is 25.1 Å². The summed E-state index contributed by atoms with van der Waals surface area (Å²) in [7, 11) is 1.57. The van der Waals surface area contributed by atoms with E-state index >= 15 is 0 Å². The van der Waals surface area contributed by atoms with Gasteiger partial charge in [-0.3, -0.25) is 14.9 Å². The van der Waals surface area contributed by atoms with Gasteiger partial charge < -0.3 is 10.1 Å². The van der Waals surface area contributed by atoms with Gasteiger partial charge >= 0.3 is 0 Å². The van der Waals surface area contributed by atoms with Crippen LogP contribution in [0.3, 0.4) is 0 Å². The van der Waals surface area contributed by atoms with E-state index in [1.54, 1.807) is 7.11 Å². The second-order valence-corrected chi connectivity index (χ2v) is 4.02. The lowest BCUT2D eigenvalue weighted by molar-refractivity contribution is -0.124. The lowest BCUT2D eigenvalue weighted by atomic mass is 10.1. The minimum absolute atomic E-state index is 0.163. The molecule has 1 unspecified atom stereocenters. The van der Waals surface area contributed by atoms with Crippen LogP contribution in [0.5, 0.6) is 5.75 Å². The van der Waals surface area contributed by atoms with Crippen molar-refractivity contribution in [2.75, 3.05) is 12.4 Å². The number of anilines is 1. The van der Waals surface area contributed by atoms with Crippen molar-refractivity contribution in [1.82, 2.24) is 5.32 Å². The fourth-order valence-corrected chi connectivity index (χ4v) is 1.79. The highest BCUT2D eigenvalue weighted by molar-refractivity contribution is 6.06. The smallest absolute Gasteiger partial charge is 0.249 e. The average Bonchev–Trinajstić information content (AvgIpc) is 2.58. The fourth-order valence-electron chi connectivity index (χ4n) is 1.79. The molecule has 0 aromatic heterocycles. The molecule has 1 aliphatic rings. The van der Waals surface area contributed by atoms with Gasteiger partial charge in [0.1, 0.15) is 11.8 Å². The number of nitrogens with one attached hydrogen (secondary N) is 2. The second kappa shape index (κ2) is 4.45. The molecule has 1 saturated heterocycles. The van der Waals surface area contributed by atoms with E-state index < -0.39 is 6.04 Å². The van der Waals surface area contributed by atoms with Gasteiger partial charge in [-0.2, -0.15) is 0 Å². The largest absolute Gasteiger partial charge is 0.495 e. The quantitative estimate of drug-likeness (QED) is 0.760. The molecule has 5 nitrogen and oxygen atoms in total. The molecule has 2 amide bonds. The van der Waals surface area contributed by atoms with Crippen molar-refractivity contribution >= 4 is 17.5 Å². The third-order valence-corrected chi connectivity index (χ3v) is 2.65. The molecule has 0 radical (unpaired) electrons. The summed E-state index contributed by atoms with van der Waals surface area (Å²) in [5.41, 5.74) is 1.78. The molecule has 2 N–H and O–H groups in total. The van der Waals surface area contributed by atoms with Crippen LogP contribution in [0, 0.1) is 6.92 Å². The maximum Gasteiger partial charge on any atom is 0.249 e. The average molecular weight is 234 g/mol. The first-order valence-corrected chi connectivity index (χ1v) is 5.35. The number of imide groups is 1. The zero-order valence-corrected chi connectivity index (χ0v) is 9.74. The summed E-state index contributed by atoms with van der Waals surface area (Å²) in [6.45, 7) is 1.95. The lowest BCUT2D eigenvalue weighted by Gasteiger charge is -2.14. The molecule has 17 heavy (non-hydrogen) atoms. The van der Waals surface area contributed by atoms with Gasteiger partial charge in [0, 0.05) is 0 Å². The van der Waals surface area contributed by atoms with Crippen molar-refractivity contribution in [3.8, 4) is 5.75 Å². The Morgan fingerprint density at radius 2 is 2.18 bits per heavy atom. The summed E-state index contributed by atoms with van der Waals surface area (Å²) in [5.74, 6) is 0.112. The van der Waals surface area contributed by atoms with Crippen molar-refractivity contribution in [2.45, 2.75) is 19.4 Å². The standard InChI is InChI=1S/C12H14N2O3/c1-7-3-4-10(17-2)8(5-7)13-9-6-11(15)14-12(9)16/h3-5,9,13H,6H2,1-2H3,(H,14,15,16). The van der Waals surface area contributed by atoms with E-state index in [9.17, 15) is 9.59 Å². The normalized spacial score (nSPS) is 19.1. The molecule has 2 rings (SSSR count). The second-order valence-electron chi connectivity index (χ2n) is 4.02. The Kier molecular flexibility index (Phi) is 2.99. The Labute approximate surface area is 99.2 Å². The molecular weight excluding hydrogens is 220 g/mol. The number of amides is 2. The number of ether oxygens (including phenoxy) is 1. The Morgan fingerprint density at radius 1 is 1.41 bits per heavy atom. The van der Waals surface area contributed by atoms with E-state index in [0.29, 0.717) is 5.75 Å². The van der Waals surface area contributed by atoms with Crippen molar-refractivity contribution < 1.29 is 14.3 Å². The first-order chi connectivity index (χ1) is 8.10. The summed E-state index contributed by atoms with van der Waals surface area (Å²) >= 11 is 0. The maximum atomic E-state index is 11.4.